The summed E-state index contributed by atoms with van der Waals surface area (Å²) in [5, 5.41) is 1.94. The minimum atomic E-state index is -0.333. The van der Waals surface area contributed by atoms with Gasteiger partial charge in [0.1, 0.15) is 16.9 Å². The Bertz CT molecular complexity index is 1080. The van der Waals surface area contributed by atoms with E-state index in [1.165, 1.54) is 0 Å². The van der Waals surface area contributed by atoms with Crippen molar-refractivity contribution in [3.05, 3.63) is 64.7 Å². The number of rotatable bonds is 3. The van der Waals surface area contributed by atoms with Crippen LogP contribution >= 0.6 is 0 Å². The van der Waals surface area contributed by atoms with Gasteiger partial charge < -0.3 is 13.6 Å². The van der Waals surface area contributed by atoms with Crippen LogP contribution in [0.5, 0.6) is 5.75 Å². The van der Waals surface area contributed by atoms with Crippen LogP contribution in [0.4, 0.5) is 0 Å². The first-order valence-electron chi connectivity index (χ1n) is 7.82. The maximum atomic E-state index is 11.7. The number of methoxy groups -OCH3 is 1. The molecule has 2 aromatic heterocycles. The molecule has 4 aromatic rings. The van der Waals surface area contributed by atoms with Crippen molar-refractivity contribution >= 4 is 21.9 Å². The zero-order valence-corrected chi connectivity index (χ0v) is 13.5. The van der Waals surface area contributed by atoms with E-state index in [0.717, 1.165) is 39.6 Å². The molecule has 0 unspecified atom stereocenters. The first-order chi connectivity index (χ1) is 11.7. The lowest BCUT2D eigenvalue weighted by molar-refractivity contribution is 0.415. The van der Waals surface area contributed by atoms with Crippen LogP contribution < -0.4 is 10.4 Å². The molecule has 0 aliphatic heterocycles. The predicted molar refractivity (Wildman–Crippen MR) is 93.6 cm³/mol. The molecule has 0 saturated heterocycles. The third kappa shape index (κ3) is 2.27. The number of hydrogen-bond donors (Lipinski definition) is 0. The van der Waals surface area contributed by atoms with Crippen molar-refractivity contribution in [1.82, 2.24) is 0 Å². The zero-order chi connectivity index (χ0) is 16.7. The minimum absolute atomic E-state index is 0.333. The predicted octanol–water partition coefficient (Wildman–Crippen LogP) is 4.78. The van der Waals surface area contributed by atoms with E-state index >= 15 is 0 Å². The molecule has 120 valence electrons. The molecule has 0 N–H and O–H groups in total. The van der Waals surface area contributed by atoms with Gasteiger partial charge in [0.15, 0.2) is 0 Å². The maximum absolute atomic E-state index is 11.7. The van der Waals surface area contributed by atoms with Crippen LogP contribution in [0.3, 0.4) is 0 Å². The number of ether oxygens (including phenoxy) is 1. The molecular weight excluding hydrogens is 304 g/mol. The number of furan rings is 1. The maximum Gasteiger partial charge on any atom is 0.336 e. The van der Waals surface area contributed by atoms with E-state index in [1.54, 1.807) is 25.5 Å². The molecule has 2 aromatic carbocycles. The highest BCUT2D eigenvalue weighted by Crippen LogP contribution is 2.34. The third-order valence-electron chi connectivity index (χ3n) is 4.31. The van der Waals surface area contributed by atoms with Crippen molar-refractivity contribution in [1.29, 1.82) is 0 Å². The third-order valence-corrected chi connectivity index (χ3v) is 4.31. The van der Waals surface area contributed by atoms with Gasteiger partial charge in [-0.2, -0.15) is 0 Å². The second-order valence-corrected chi connectivity index (χ2v) is 5.67. The number of benzene rings is 2. The molecule has 0 radical (unpaired) electrons. The highest BCUT2D eigenvalue weighted by atomic mass is 16.5. The molecule has 0 bridgehead atoms. The van der Waals surface area contributed by atoms with E-state index in [9.17, 15) is 4.79 Å². The molecule has 0 fully saturated rings. The quantitative estimate of drug-likeness (QED) is 0.510. The first kappa shape index (κ1) is 14.6. The van der Waals surface area contributed by atoms with Crippen LogP contribution in [-0.4, -0.2) is 7.11 Å². The van der Waals surface area contributed by atoms with E-state index in [4.69, 9.17) is 13.6 Å². The molecular formula is C20H16O4. The van der Waals surface area contributed by atoms with Gasteiger partial charge in [-0.25, -0.2) is 4.79 Å². The van der Waals surface area contributed by atoms with Gasteiger partial charge in [-0.1, -0.05) is 19.1 Å². The van der Waals surface area contributed by atoms with Crippen LogP contribution in [0.25, 0.3) is 33.1 Å². The summed E-state index contributed by atoms with van der Waals surface area (Å²) in [5.74, 6) is 0.812. The highest BCUT2D eigenvalue weighted by Gasteiger charge is 2.13. The molecule has 2 heterocycles. The van der Waals surface area contributed by atoms with Crippen molar-refractivity contribution in [3.8, 4) is 16.9 Å². The second kappa shape index (κ2) is 5.57. The number of fused-ring (bicyclic) bond motifs is 2. The van der Waals surface area contributed by atoms with Gasteiger partial charge in [0.05, 0.1) is 13.4 Å². The normalized spacial score (nSPS) is 11.2. The average molecular weight is 320 g/mol. The van der Waals surface area contributed by atoms with Gasteiger partial charge in [0, 0.05) is 28.5 Å². The molecule has 0 saturated carbocycles. The van der Waals surface area contributed by atoms with E-state index in [-0.39, 0.29) is 5.63 Å². The highest BCUT2D eigenvalue weighted by molar-refractivity contribution is 6.02. The Morgan fingerprint density at radius 2 is 1.79 bits per heavy atom. The van der Waals surface area contributed by atoms with Crippen molar-refractivity contribution in [3.63, 3.8) is 0 Å². The smallest absolute Gasteiger partial charge is 0.336 e. The molecule has 24 heavy (non-hydrogen) atoms. The molecule has 0 spiro atoms. The molecule has 4 nitrogen and oxygen atoms in total. The zero-order valence-electron chi connectivity index (χ0n) is 13.5. The van der Waals surface area contributed by atoms with E-state index in [1.807, 2.05) is 37.3 Å². The number of aryl methyl sites for hydroxylation is 1. The standard InChI is InChI=1S/C20H16O4/c1-3-12-8-20(21)24-19-10-18-16(9-15(12)19)17(11-23-18)13-4-6-14(22-2)7-5-13/h4-11H,3H2,1-2H3. The summed E-state index contributed by atoms with van der Waals surface area (Å²) >= 11 is 0. The molecule has 4 rings (SSSR count). The van der Waals surface area contributed by atoms with Crippen LogP contribution in [0.1, 0.15) is 12.5 Å². The van der Waals surface area contributed by atoms with Gasteiger partial charge in [0.2, 0.25) is 0 Å². The van der Waals surface area contributed by atoms with E-state index in [0.29, 0.717) is 11.2 Å². The molecule has 0 aliphatic carbocycles. The average Bonchev–Trinajstić information content (AvgIpc) is 3.02. The van der Waals surface area contributed by atoms with Gasteiger partial charge in [0.25, 0.3) is 0 Å². The van der Waals surface area contributed by atoms with Crippen molar-refractivity contribution in [2.24, 2.45) is 0 Å². The fourth-order valence-electron chi connectivity index (χ4n) is 3.03. The Hall–Kier alpha value is -3.01. The van der Waals surface area contributed by atoms with Crippen molar-refractivity contribution < 1.29 is 13.6 Å². The Kier molecular flexibility index (Phi) is 3.38. The summed E-state index contributed by atoms with van der Waals surface area (Å²) in [6.45, 7) is 2.03. The first-order valence-corrected chi connectivity index (χ1v) is 7.82. The summed E-state index contributed by atoms with van der Waals surface area (Å²) in [4.78, 5) is 11.7. The van der Waals surface area contributed by atoms with Crippen molar-refractivity contribution in [2.75, 3.05) is 7.11 Å². The fourth-order valence-corrected chi connectivity index (χ4v) is 3.03. The summed E-state index contributed by atoms with van der Waals surface area (Å²) < 4.78 is 16.2. The fraction of sp³-hybridized carbons (Fsp3) is 0.150. The van der Waals surface area contributed by atoms with Crippen molar-refractivity contribution in [2.45, 2.75) is 13.3 Å². The lowest BCUT2D eigenvalue weighted by atomic mass is 10.0. The monoisotopic (exact) mass is 320 g/mol. The molecule has 0 amide bonds. The Morgan fingerprint density at radius 1 is 1.00 bits per heavy atom. The second-order valence-electron chi connectivity index (χ2n) is 5.67. The molecule has 0 aliphatic rings. The van der Waals surface area contributed by atoms with Crippen LogP contribution in [0.15, 0.2) is 62.4 Å². The van der Waals surface area contributed by atoms with Crippen LogP contribution in [0.2, 0.25) is 0 Å². The molecule has 4 heteroatoms. The van der Waals surface area contributed by atoms with Gasteiger partial charge in [-0.3, -0.25) is 0 Å². The number of hydrogen-bond acceptors (Lipinski definition) is 4. The Labute approximate surface area is 138 Å². The van der Waals surface area contributed by atoms with E-state index in [2.05, 4.69) is 0 Å². The van der Waals surface area contributed by atoms with Crippen LogP contribution in [-0.2, 0) is 6.42 Å². The topological polar surface area (TPSA) is 52.6 Å². The van der Waals surface area contributed by atoms with Gasteiger partial charge in [-0.05, 0) is 35.7 Å². The van der Waals surface area contributed by atoms with Crippen LogP contribution in [0, 0.1) is 0 Å². The van der Waals surface area contributed by atoms with Gasteiger partial charge in [-0.15, -0.1) is 0 Å². The van der Waals surface area contributed by atoms with E-state index < -0.39 is 0 Å². The summed E-state index contributed by atoms with van der Waals surface area (Å²) in [5.41, 5.74) is 3.95. The Balaban J connectivity index is 1.97. The Morgan fingerprint density at radius 3 is 2.50 bits per heavy atom. The largest absolute Gasteiger partial charge is 0.497 e. The summed E-state index contributed by atoms with van der Waals surface area (Å²) in [6, 6.07) is 13.2. The minimum Gasteiger partial charge on any atom is -0.497 e. The SMILES string of the molecule is CCc1cc(=O)oc2cc3occ(-c4ccc(OC)cc4)c3cc12. The van der Waals surface area contributed by atoms with Gasteiger partial charge >= 0.3 is 5.63 Å². The lowest BCUT2D eigenvalue weighted by Crippen LogP contribution is -1.99. The lowest BCUT2D eigenvalue weighted by Gasteiger charge is -2.04. The summed E-state index contributed by atoms with van der Waals surface area (Å²) in [7, 11) is 1.65. The molecule has 0 atom stereocenters. The summed E-state index contributed by atoms with van der Waals surface area (Å²) in [6.07, 6.45) is 2.50.